The third-order valence-electron chi connectivity index (χ3n) is 3.10. The summed E-state index contributed by atoms with van der Waals surface area (Å²) in [6, 6.07) is 4.96. The number of hydrogen-bond acceptors (Lipinski definition) is 5. The van der Waals surface area contributed by atoms with Gasteiger partial charge in [0.25, 0.3) is 0 Å². The van der Waals surface area contributed by atoms with Crippen LogP contribution in [0.5, 0.6) is 11.5 Å². The smallest absolute Gasteiger partial charge is 0.151 e. The van der Waals surface area contributed by atoms with E-state index in [1.54, 1.807) is 25.3 Å². The van der Waals surface area contributed by atoms with Gasteiger partial charge in [0.15, 0.2) is 9.84 Å². The molecule has 0 aliphatic carbocycles. The van der Waals surface area contributed by atoms with Crippen molar-refractivity contribution in [1.29, 1.82) is 0 Å². The highest BCUT2D eigenvalue weighted by molar-refractivity contribution is 7.91. The molecule has 1 aromatic rings. The summed E-state index contributed by atoms with van der Waals surface area (Å²) in [6.45, 7) is 0.434. The molecule has 0 radical (unpaired) electrons. The molecule has 6 heteroatoms. The van der Waals surface area contributed by atoms with Crippen LogP contribution in [0.3, 0.4) is 0 Å². The van der Waals surface area contributed by atoms with E-state index in [1.807, 2.05) is 0 Å². The number of benzene rings is 1. The molecule has 0 saturated carbocycles. The molecule has 0 amide bonds. The van der Waals surface area contributed by atoms with Crippen molar-refractivity contribution in [2.24, 2.45) is 0 Å². The number of sulfone groups is 1. The van der Waals surface area contributed by atoms with Crippen LogP contribution in [-0.2, 0) is 16.4 Å². The monoisotopic (exact) mass is 271 g/mol. The molecule has 1 fully saturated rings. The van der Waals surface area contributed by atoms with E-state index in [-0.39, 0.29) is 23.3 Å². The first kappa shape index (κ1) is 13.2. The van der Waals surface area contributed by atoms with E-state index >= 15 is 0 Å². The van der Waals surface area contributed by atoms with Gasteiger partial charge in [0, 0.05) is 18.2 Å². The fourth-order valence-electron chi connectivity index (χ4n) is 2.04. The normalized spacial score (nSPS) is 21.9. The Labute approximate surface area is 107 Å². The Morgan fingerprint density at radius 2 is 2.28 bits per heavy atom. The van der Waals surface area contributed by atoms with Crippen molar-refractivity contribution < 1.29 is 18.3 Å². The van der Waals surface area contributed by atoms with Crippen molar-refractivity contribution in [2.75, 3.05) is 18.6 Å². The molecule has 1 heterocycles. The lowest BCUT2D eigenvalue weighted by Crippen LogP contribution is -2.29. The highest BCUT2D eigenvalue weighted by Crippen LogP contribution is 2.23. The predicted molar refractivity (Wildman–Crippen MR) is 68.6 cm³/mol. The molecule has 1 aliphatic heterocycles. The van der Waals surface area contributed by atoms with E-state index < -0.39 is 9.84 Å². The SMILES string of the molecule is COc1ccc(O)c(CNC2CCS(=O)(=O)C2)c1. The van der Waals surface area contributed by atoms with Crippen LogP contribution in [0.1, 0.15) is 12.0 Å². The maximum absolute atomic E-state index is 11.3. The Bertz CT molecular complexity index is 527. The maximum Gasteiger partial charge on any atom is 0.151 e. The summed E-state index contributed by atoms with van der Waals surface area (Å²) < 4.78 is 27.7. The second-order valence-corrected chi connectivity index (χ2v) is 6.70. The van der Waals surface area contributed by atoms with E-state index in [0.29, 0.717) is 24.3 Å². The second kappa shape index (κ2) is 5.16. The Morgan fingerprint density at radius 1 is 1.50 bits per heavy atom. The van der Waals surface area contributed by atoms with Gasteiger partial charge in [0.2, 0.25) is 0 Å². The number of phenolic OH excluding ortho intramolecular Hbond substituents is 1. The largest absolute Gasteiger partial charge is 0.508 e. The molecule has 0 bridgehead atoms. The van der Waals surface area contributed by atoms with Gasteiger partial charge in [0.05, 0.1) is 18.6 Å². The van der Waals surface area contributed by atoms with Crippen molar-refractivity contribution in [3.05, 3.63) is 23.8 Å². The van der Waals surface area contributed by atoms with Crippen LogP contribution in [0.25, 0.3) is 0 Å². The first-order valence-electron chi connectivity index (χ1n) is 5.80. The quantitative estimate of drug-likeness (QED) is 0.842. The highest BCUT2D eigenvalue weighted by atomic mass is 32.2. The summed E-state index contributed by atoms with van der Waals surface area (Å²) in [5.41, 5.74) is 0.707. The van der Waals surface area contributed by atoms with Crippen LogP contribution in [0.2, 0.25) is 0 Å². The molecule has 1 unspecified atom stereocenters. The van der Waals surface area contributed by atoms with Gasteiger partial charge in [-0.25, -0.2) is 8.42 Å². The van der Waals surface area contributed by atoms with Gasteiger partial charge in [0.1, 0.15) is 11.5 Å². The van der Waals surface area contributed by atoms with Crippen LogP contribution < -0.4 is 10.1 Å². The number of nitrogens with one attached hydrogen (secondary N) is 1. The number of rotatable bonds is 4. The lowest BCUT2D eigenvalue weighted by Gasteiger charge is -2.12. The molecule has 18 heavy (non-hydrogen) atoms. The van der Waals surface area contributed by atoms with Crippen LogP contribution >= 0.6 is 0 Å². The topological polar surface area (TPSA) is 75.6 Å². The number of hydrogen-bond donors (Lipinski definition) is 2. The Morgan fingerprint density at radius 3 is 2.89 bits per heavy atom. The number of phenols is 1. The molecule has 1 aliphatic rings. The molecule has 5 nitrogen and oxygen atoms in total. The number of ether oxygens (including phenoxy) is 1. The average molecular weight is 271 g/mol. The third kappa shape index (κ3) is 3.14. The minimum atomic E-state index is -2.87. The molecule has 100 valence electrons. The Hall–Kier alpha value is -1.27. The molecule has 0 aromatic heterocycles. The van der Waals surface area contributed by atoms with E-state index in [9.17, 15) is 13.5 Å². The molecule has 2 N–H and O–H groups in total. The molecule has 1 aromatic carbocycles. The summed E-state index contributed by atoms with van der Waals surface area (Å²) in [4.78, 5) is 0. The molecular formula is C12H17NO4S. The van der Waals surface area contributed by atoms with Gasteiger partial charge >= 0.3 is 0 Å². The second-order valence-electron chi connectivity index (χ2n) is 4.48. The van der Waals surface area contributed by atoms with Gasteiger partial charge in [-0.1, -0.05) is 0 Å². The molecule has 0 spiro atoms. The number of methoxy groups -OCH3 is 1. The van der Waals surface area contributed by atoms with Crippen molar-refractivity contribution in [3.8, 4) is 11.5 Å². The Kier molecular flexibility index (Phi) is 3.77. The zero-order chi connectivity index (χ0) is 13.2. The summed E-state index contributed by atoms with van der Waals surface area (Å²) in [5.74, 6) is 1.28. The van der Waals surface area contributed by atoms with Crippen LogP contribution in [0.15, 0.2) is 18.2 Å². The minimum absolute atomic E-state index is 0.0272. The van der Waals surface area contributed by atoms with E-state index in [0.717, 1.165) is 0 Å². The lowest BCUT2D eigenvalue weighted by molar-refractivity contribution is 0.409. The van der Waals surface area contributed by atoms with Gasteiger partial charge in [-0.3, -0.25) is 0 Å². The zero-order valence-corrected chi connectivity index (χ0v) is 11.0. The van der Waals surface area contributed by atoms with Crippen LogP contribution in [0, 0.1) is 0 Å². The summed E-state index contributed by atoms with van der Waals surface area (Å²) in [7, 11) is -1.31. The molecule has 1 atom stereocenters. The molecular weight excluding hydrogens is 254 g/mol. The van der Waals surface area contributed by atoms with Crippen molar-refractivity contribution in [2.45, 2.75) is 19.0 Å². The first-order valence-corrected chi connectivity index (χ1v) is 7.62. The lowest BCUT2D eigenvalue weighted by atomic mass is 10.1. The van der Waals surface area contributed by atoms with Crippen LogP contribution in [-0.4, -0.2) is 38.2 Å². The zero-order valence-electron chi connectivity index (χ0n) is 10.2. The van der Waals surface area contributed by atoms with E-state index in [1.165, 1.54) is 0 Å². The molecule has 2 rings (SSSR count). The van der Waals surface area contributed by atoms with Crippen molar-refractivity contribution in [1.82, 2.24) is 5.32 Å². The summed E-state index contributed by atoms with van der Waals surface area (Å²) in [6.07, 6.45) is 0.632. The summed E-state index contributed by atoms with van der Waals surface area (Å²) >= 11 is 0. The minimum Gasteiger partial charge on any atom is -0.508 e. The van der Waals surface area contributed by atoms with Gasteiger partial charge in [-0.05, 0) is 24.6 Å². The fourth-order valence-corrected chi connectivity index (χ4v) is 3.75. The van der Waals surface area contributed by atoms with Gasteiger partial charge in [-0.2, -0.15) is 0 Å². The fraction of sp³-hybridized carbons (Fsp3) is 0.500. The standard InChI is InChI=1S/C12H17NO4S/c1-17-11-2-3-12(14)9(6-11)7-13-10-4-5-18(15,16)8-10/h2-3,6,10,13-14H,4-5,7-8H2,1H3. The Balaban J connectivity index is 1.98. The van der Waals surface area contributed by atoms with Crippen molar-refractivity contribution >= 4 is 9.84 Å². The molecule has 1 saturated heterocycles. The van der Waals surface area contributed by atoms with Gasteiger partial charge in [-0.15, -0.1) is 0 Å². The van der Waals surface area contributed by atoms with Crippen molar-refractivity contribution in [3.63, 3.8) is 0 Å². The predicted octanol–water partition coefficient (Wildman–Crippen LogP) is 0.677. The highest BCUT2D eigenvalue weighted by Gasteiger charge is 2.27. The van der Waals surface area contributed by atoms with E-state index in [2.05, 4.69) is 5.32 Å². The average Bonchev–Trinajstić information content (AvgIpc) is 2.68. The maximum atomic E-state index is 11.3. The number of aromatic hydroxyl groups is 1. The van der Waals surface area contributed by atoms with Crippen LogP contribution in [0.4, 0.5) is 0 Å². The first-order chi connectivity index (χ1) is 8.50. The van der Waals surface area contributed by atoms with E-state index in [4.69, 9.17) is 4.74 Å². The third-order valence-corrected chi connectivity index (χ3v) is 4.87. The van der Waals surface area contributed by atoms with Gasteiger partial charge < -0.3 is 15.2 Å². The summed E-state index contributed by atoms with van der Waals surface area (Å²) in [5, 5.41) is 12.8.